The fraction of sp³-hybridized carbons (Fsp3) is 0. The molecular weight excluding hydrogens is 242 g/mol. The Kier molecular flexibility index (Phi) is 2.40. The smallest absolute Gasteiger partial charge is 0.0797 e. The number of nitrogens with zero attached hydrogens (tertiary/aromatic N) is 1. The number of rotatable bonds is 2. The molecule has 0 aromatic carbocycles. The van der Waals surface area contributed by atoms with Gasteiger partial charge in [-0.25, -0.2) is 0 Å². The van der Waals surface area contributed by atoms with Crippen LogP contribution in [0.1, 0.15) is 0 Å². The summed E-state index contributed by atoms with van der Waals surface area (Å²) >= 11 is 5.27. The van der Waals surface area contributed by atoms with Gasteiger partial charge < -0.3 is 0 Å². The molecule has 0 bridgehead atoms. The van der Waals surface area contributed by atoms with Crippen molar-refractivity contribution in [3.05, 3.63) is 40.7 Å². The predicted octanol–water partition coefficient (Wildman–Crippen LogP) is 4.60. The molecular formula is C11H7NS3. The highest BCUT2D eigenvalue weighted by Gasteiger charge is 2.10. The van der Waals surface area contributed by atoms with E-state index < -0.39 is 0 Å². The molecule has 0 saturated heterocycles. The minimum absolute atomic E-state index is 1.25. The average molecular weight is 249 g/mol. The molecule has 15 heavy (non-hydrogen) atoms. The molecule has 3 aromatic heterocycles. The molecule has 0 unspecified atom stereocenters. The van der Waals surface area contributed by atoms with E-state index in [1.165, 1.54) is 20.2 Å². The second-order valence-electron chi connectivity index (χ2n) is 3.01. The Morgan fingerprint density at radius 2 is 1.93 bits per heavy atom. The summed E-state index contributed by atoms with van der Waals surface area (Å²) in [6.07, 6.45) is 1.93. The van der Waals surface area contributed by atoms with Gasteiger partial charge in [0.25, 0.3) is 0 Å². The van der Waals surface area contributed by atoms with E-state index in [2.05, 4.69) is 33.9 Å². The molecule has 0 amide bonds. The molecule has 0 fully saturated rings. The van der Waals surface area contributed by atoms with Crippen molar-refractivity contribution in [2.75, 3.05) is 0 Å². The van der Waals surface area contributed by atoms with Gasteiger partial charge >= 0.3 is 0 Å². The molecule has 0 atom stereocenters. The van der Waals surface area contributed by atoms with Crippen molar-refractivity contribution >= 4 is 34.0 Å². The van der Waals surface area contributed by atoms with Gasteiger partial charge in [0.2, 0.25) is 0 Å². The lowest BCUT2D eigenvalue weighted by molar-refractivity contribution is 1.43. The first-order chi connectivity index (χ1) is 7.45. The Bertz CT molecular complexity index is 485. The largest absolute Gasteiger partial charge is 0.252 e. The molecule has 3 aromatic rings. The Morgan fingerprint density at radius 3 is 2.67 bits per heavy atom. The lowest BCUT2D eigenvalue weighted by Gasteiger charge is -1.97. The Hall–Kier alpha value is -0.970. The van der Waals surface area contributed by atoms with Crippen LogP contribution in [0.25, 0.3) is 20.2 Å². The molecule has 4 heteroatoms. The highest BCUT2D eigenvalue weighted by Crippen LogP contribution is 2.39. The van der Waals surface area contributed by atoms with Gasteiger partial charge in [-0.3, -0.25) is 4.98 Å². The number of hydrogen-bond donors (Lipinski definition) is 0. The van der Waals surface area contributed by atoms with E-state index in [0.717, 1.165) is 0 Å². The van der Waals surface area contributed by atoms with E-state index in [1.54, 1.807) is 34.0 Å². The summed E-state index contributed by atoms with van der Waals surface area (Å²) in [7, 11) is 0. The molecule has 3 heterocycles. The molecule has 0 radical (unpaired) electrons. The lowest BCUT2D eigenvalue weighted by Crippen LogP contribution is -1.70. The van der Waals surface area contributed by atoms with E-state index >= 15 is 0 Å². The SMILES string of the molecule is c1csc(-c2sccc2-c2cncs2)c1. The van der Waals surface area contributed by atoms with E-state index in [0.29, 0.717) is 0 Å². The maximum absolute atomic E-state index is 4.13. The first kappa shape index (κ1) is 9.27. The molecule has 0 aliphatic heterocycles. The second-order valence-corrected chi connectivity index (χ2v) is 5.76. The maximum atomic E-state index is 4.13. The van der Waals surface area contributed by atoms with Crippen molar-refractivity contribution in [1.29, 1.82) is 0 Å². The number of thiophene rings is 2. The van der Waals surface area contributed by atoms with Gasteiger partial charge in [-0.2, -0.15) is 0 Å². The van der Waals surface area contributed by atoms with Gasteiger partial charge in [0.15, 0.2) is 0 Å². The summed E-state index contributed by atoms with van der Waals surface area (Å²) in [6.45, 7) is 0. The molecule has 3 rings (SSSR count). The van der Waals surface area contributed by atoms with Crippen LogP contribution in [0.2, 0.25) is 0 Å². The third kappa shape index (κ3) is 1.65. The van der Waals surface area contributed by atoms with Crippen molar-refractivity contribution in [2.45, 2.75) is 0 Å². The molecule has 0 aliphatic rings. The van der Waals surface area contributed by atoms with Crippen LogP contribution in [0.4, 0.5) is 0 Å². The molecule has 0 saturated carbocycles. The predicted molar refractivity (Wildman–Crippen MR) is 68.7 cm³/mol. The minimum atomic E-state index is 1.25. The summed E-state index contributed by atoms with van der Waals surface area (Å²) < 4.78 is 0. The number of aromatic nitrogens is 1. The van der Waals surface area contributed by atoms with Crippen LogP contribution in [-0.4, -0.2) is 4.98 Å². The van der Waals surface area contributed by atoms with Crippen LogP contribution in [0, 0.1) is 0 Å². The summed E-state index contributed by atoms with van der Waals surface area (Å²) in [5.41, 5.74) is 3.19. The Morgan fingerprint density at radius 1 is 0.933 bits per heavy atom. The van der Waals surface area contributed by atoms with Gasteiger partial charge in [0.1, 0.15) is 0 Å². The summed E-state index contributed by atoms with van der Waals surface area (Å²) in [5, 5.41) is 4.26. The second kappa shape index (κ2) is 3.89. The highest BCUT2D eigenvalue weighted by molar-refractivity contribution is 7.21. The van der Waals surface area contributed by atoms with Gasteiger partial charge in [-0.05, 0) is 22.9 Å². The monoisotopic (exact) mass is 249 g/mol. The number of thiazole rings is 1. The molecule has 0 aliphatic carbocycles. The normalized spacial score (nSPS) is 10.7. The molecule has 0 N–H and O–H groups in total. The Balaban J connectivity index is 2.15. The summed E-state index contributed by atoms with van der Waals surface area (Å²) in [6, 6.07) is 6.43. The van der Waals surface area contributed by atoms with Gasteiger partial charge in [-0.1, -0.05) is 6.07 Å². The van der Waals surface area contributed by atoms with Gasteiger partial charge in [0, 0.05) is 16.6 Å². The fourth-order valence-electron chi connectivity index (χ4n) is 1.45. The standard InChI is InChI=1S/C11H7NS3/c1-2-9(13-4-1)11-8(3-5-14-11)10-6-12-7-15-10/h1-7H. The van der Waals surface area contributed by atoms with E-state index in [-0.39, 0.29) is 0 Å². The third-order valence-corrected chi connectivity index (χ3v) is 4.88. The van der Waals surface area contributed by atoms with E-state index in [9.17, 15) is 0 Å². The molecule has 74 valence electrons. The van der Waals surface area contributed by atoms with E-state index in [4.69, 9.17) is 0 Å². The minimum Gasteiger partial charge on any atom is -0.252 e. The van der Waals surface area contributed by atoms with Gasteiger partial charge in [0.05, 0.1) is 15.3 Å². The molecule has 0 spiro atoms. The quantitative estimate of drug-likeness (QED) is 0.647. The van der Waals surface area contributed by atoms with Crippen LogP contribution in [-0.2, 0) is 0 Å². The van der Waals surface area contributed by atoms with E-state index in [1.807, 2.05) is 11.7 Å². The third-order valence-electron chi connectivity index (χ3n) is 2.11. The molecule has 1 nitrogen and oxygen atoms in total. The maximum Gasteiger partial charge on any atom is 0.0797 e. The fourth-order valence-corrected chi connectivity index (χ4v) is 3.97. The first-order valence-electron chi connectivity index (χ1n) is 4.45. The van der Waals surface area contributed by atoms with Crippen LogP contribution in [0.3, 0.4) is 0 Å². The van der Waals surface area contributed by atoms with Crippen LogP contribution >= 0.6 is 34.0 Å². The van der Waals surface area contributed by atoms with Crippen LogP contribution in [0.5, 0.6) is 0 Å². The lowest BCUT2D eigenvalue weighted by atomic mass is 10.2. The van der Waals surface area contributed by atoms with Crippen molar-refractivity contribution in [1.82, 2.24) is 4.98 Å². The highest BCUT2D eigenvalue weighted by atomic mass is 32.1. The zero-order valence-electron chi connectivity index (χ0n) is 7.71. The van der Waals surface area contributed by atoms with Crippen LogP contribution < -0.4 is 0 Å². The number of hydrogen-bond acceptors (Lipinski definition) is 4. The van der Waals surface area contributed by atoms with Gasteiger partial charge in [-0.15, -0.1) is 34.0 Å². The average Bonchev–Trinajstić information content (AvgIpc) is 3.01. The Labute approximate surface area is 99.7 Å². The zero-order chi connectivity index (χ0) is 10.1. The topological polar surface area (TPSA) is 12.9 Å². The summed E-state index contributed by atoms with van der Waals surface area (Å²) in [4.78, 5) is 8.07. The van der Waals surface area contributed by atoms with Crippen molar-refractivity contribution in [3.63, 3.8) is 0 Å². The van der Waals surface area contributed by atoms with Crippen molar-refractivity contribution < 1.29 is 0 Å². The van der Waals surface area contributed by atoms with Crippen LogP contribution in [0.15, 0.2) is 40.7 Å². The summed E-state index contributed by atoms with van der Waals surface area (Å²) in [5.74, 6) is 0. The van der Waals surface area contributed by atoms with Crippen molar-refractivity contribution in [2.24, 2.45) is 0 Å². The first-order valence-corrected chi connectivity index (χ1v) is 7.09. The van der Waals surface area contributed by atoms with Crippen molar-refractivity contribution in [3.8, 4) is 20.2 Å². The zero-order valence-corrected chi connectivity index (χ0v) is 10.2.